The first-order chi connectivity index (χ1) is 10.7. The second-order valence-electron chi connectivity index (χ2n) is 6.96. The monoisotopic (exact) mass is 319 g/mol. The number of rotatable bonds is 5. The van der Waals surface area contributed by atoms with Gasteiger partial charge in [-0.2, -0.15) is 0 Å². The third-order valence-electron chi connectivity index (χ3n) is 3.60. The van der Waals surface area contributed by atoms with E-state index in [2.05, 4.69) is 10.6 Å². The Kier molecular flexibility index (Phi) is 5.13. The Bertz CT molecular complexity index is 575. The van der Waals surface area contributed by atoms with E-state index in [-0.39, 0.29) is 30.5 Å². The third kappa shape index (κ3) is 5.47. The van der Waals surface area contributed by atoms with E-state index in [0.29, 0.717) is 0 Å². The fraction of sp³-hybridized carbons (Fsp3) is 0.529. The summed E-state index contributed by atoms with van der Waals surface area (Å²) in [5.41, 5.74) is 6.60. The van der Waals surface area contributed by atoms with Crippen molar-refractivity contribution < 1.29 is 14.3 Å². The molecule has 0 bridgehead atoms. The predicted molar refractivity (Wildman–Crippen MR) is 89.1 cm³/mol. The molecule has 6 heteroatoms. The van der Waals surface area contributed by atoms with E-state index in [0.717, 1.165) is 24.1 Å². The van der Waals surface area contributed by atoms with Gasteiger partial charge in [-0.05, 0) is 45.2 Å². The summed E-state index contributed by atoms with van der Waals surface area (Å²) in [6.07, 6.45) is 1.49. The zero-order valence-electron chi connectivity index (χ0n) is 13.9. The van der Waals surface area contributed by atoms with E-state index in [1.165, 1.54) is 0 Å². The number of carbonyl (C=O) groups excluding carboxylic acids is 2. The summed E-state index contributed by atoms with van der Waals surface area (Å²) in [6.45, 7) is 5.52. The molecule has 0 radical (unpaired) electrons. The minimum Gasteiger partial charge on any atom is -0.444 e. The summed E-state index contributed by atoms with van der Waals surface area (Å²) in [6, 6.07) is 8.02. The molecule has 23 heavy (non-hydrogen) atoms. The van der Waals surface area contributed by atoms with Crippen LogP contribution in [0.4, 0.5) is 10.5 Å². The molecule has 0 heterocycles. The highest BCUT2D eigenvalue weighted by atomic mass is 16.6. The van der Waals surface area contributed by atoms with Crippen molar-refractivity contribution in [1.82, 2.24) is 5.32 Å². The fourth-order valence-corrected chi connectivity index (χ4v) is 2.55. The number of hydrogen-bond donors (Lipinski definition) is 3. The lowest BCUT2D eigenvalue weighted by atomic mass is 9.86. The smallest absolute Gasteiger partial charge is 0.407 e. The molecule has 1 aliphatic rings. The molecule has 1 fully saturated rings. The van der Waals surface area contributed by atoms with E-state index >= 15 is 0 Å². The SMILES string of the molecule is CC(C)(C)OC(=O)NC1CC(Nc2ccccc2CC(N)=O)C1. The van der Waals surface area contributed by atoms with Gasteiger partial charge >= 0.3 is 6.09 Å². The van der Waals surface area contributed by atoms with Gasteiger partial charge in [-0.15, -0.1) is 0 Å². The van der Waals surface area contributed by atoms with Crippen LogP contribution in [0.25, 0.3) is 0 Å². The van der Waals surface area contributed by atoms with E-state index in [9.17, 15) is 9.59 Å². The zero-order valence-corrected chi connectivity index (χ0v) is 13.9. The van der Waals surface area contributed by atoms with Gasteiger partial charge in [-0.25, -0.2) is 4.79 Å². The number of primary amides is 1. The molecule has 2 amide bonds. The van der Waals surface area contributed by atoms with Crippen molar-refractivity contribution in [3.8, 4) is 0 Å². The molecule has 6 nitrogen and oxygen atoms in total. The Morgan fingerprint density at radius 1 is 1.22 bits per heavy atom. The van der Waals surface area contributed by atoms with Crippen molar-refractivity contribution >= 4 is 17.7 Å². The number of benzene rings is 1. The minimum atomic E-state index is -0.487. The average molecular weight is 319 g/mol. The summed E-state index contributed by atoms with van der Waals surface area (Å²) < 4.78 is 5.24. The number of anilines is 1. The molecule has 0 atom stereocenters. The number of amides is 2. The van der Waals surface area contributed by atoms with Crippen LogP contribution in [0.15, 0.2) is 24.3 Å². The van der Waals surface area contributed by atoms with E-state index in [4.69, 9.17) is 10.5 Å². The van der Waals surface area contributed by atoms with E-state index in [1.54, 1.807) is 0 Å². The summed E-state index contributed by atoms with van der Waals surface area (Å²) in [5.74, 6) is -0.350. The van der Waals surface area contributed by atoms with Gasteiger partial charge in [0.25, 0.3) is 0 Å². The van der Waals surface area contributed by atoms with Crippen molar-refractivity contribution in [2.45, 2.75) is 57.7 Å². The van der Waals surface area contributed by atoms with Crippen LogP contribution >= 0.6 is 0 Å². The summed E-state index contributed by atoms with van der Waals surface area (Å²) >= 11 is 0. The van der Waals surface area contributed by atoms with Crippen molar-refractivity contribution in [3.05, 3.63) is 29.8 Å². The highest BCUT2D eigenvalue weighted by Gasteiger charge is 2.31. The van der Waals surface area contributed by atoms with Crippen molar-refractivity contribution in [3.63, 3.8) is 0 Å². The summed E-state index contributed by atoms with van der Waals surface area (Å²) in [4.78, 5) is 22.8. The van der Waals surface area contributed by atoms with Crippen LogP contribution in [0.2, 0.25) is 0 Å². The predicted octanol–water partition coefficient (Wildman–Crippen LogP) is 2.18. The molecule has 1 aromatic rings. The van der Waals surface area contributed by atoms with Gasteiger partial charge in [-0.3, -0.25) is 4.79 Å². The van der Waals surface area contributed by atoms with Crippen molar-refractivity contribution in [1.29, 1.82) is 0 Å². The average Bonchev–Trinajstić information content (AvgIpc) is 2.35. The molecule has 4 N–H and O–H groups in total. The number of nitrogens with one attached hydrogen (secondary N) is 2. The lowest BCUT2D eigenvalue weighted by molar-refractivity contribution is -0.117. The Balaban J connectivity index is 1.80. The minimum absolute atomic E-state index is 0.116. The topological polar surface area (TPSA) is 93.4 Å². The second kappa shape index (κ2) is 6.89. The molecule has 126 valence electrons. The third-order valence-corrected chi connectivity index (χ3v) is 3.60. The normalized spacial score (nSPS) is 20.3. The highest BCUT2D eigenvalue weighted by molar-refractivity contribution is 5.78. The maximum Gasteiger partial charge on any atom is 0.407 e. The number of alkyl carbamates (subject to hydrolysis) is 1. The van der Waals surface area contributed by atoms with Crippen molar-refractivity contribution in [2.24, 2.45) is 5.73 Å². The first-order valence-corrected chi connectivity index (χ1v) is 7.85. The van der Waals surface area contributed by atoms with Gasteiger partial charge < -0.3 is 21.1 Å². The summed E-state index contributed by atoms with van der Waals surface area (Å²) in [7, 11) is 0. The zero-order chi connectivity index (χ0) is 17.0. The van der Waals surface area contributed by atoms with Gasteiger partial charge in [0.1, 0.15) is 5.60 Å². The van der Waals surface area contributed by atoms with Gasteiger partial charge in [0, 0.05) is 17.8 Å². The molecule has 0 aromatic heterocycles. The van der Waals surface area contributed by atoms with E-state index in [1.807, 2.05) is 45.0 Å². The van der Waals surface area contributed by atoms with Gasteiger partial charge in [0.15, 0.2) is 0 Å². The van der Waals surface area contributed by atoms with Crippen LogP contribution in [0.1, 0.15) is 39.2 Å². The standard InChI is InChI=1S/C17H25N3O3/c1-17(2,3)23-16(22)20-13-9-12(10-13)19-14-7-5-4-6-11(14)8-15(18)21/h4-7,12-13,19H,8-10H2,1-3H3,(H2,18,21)(H,20,22). The number of para-hydroxylation sites is 1. The maximum atomic E-state index is 11.7. The van der Waals surface area contributed by atoms with Gasteiger partial charge in [0.05, 0.1) is 6.42 Å². The van der Waals surface area contributed by atoms with Gasteiger partial charge in [-0.1, -0.05) is 18.2 Å². The Labute approximate surface area is 136 Å². The lowest BCUT2D eigenvalue weighted by Crippen LogP contribution is -2.50. The molecule has 1 saturated carbocycles. The summed E-state index contributed by atoms with van der Waals surface area (Å²) in [5, 5.41) is 6.26. The Morgan fingerprint density at radius 3 is 2.48 bits per heavy atom. The lowest BCUT2D eigenvalue weighted by Gasteiger charge is -2.37. The second-order valence-corrected chi connectivity index (χ2v) is 6.96. The molecule has 0 unspecified atom stereocenters. The fourth-order valence-electron chi connectivity index (χ4n) is 2.55. The van der Waals surface area contributed by atoms with Crippen LogP contribution < -0.4 is 16.4 Å². The van der Waals surface area contributed by atoms with Crippen LogP contribution in [0, 0.1) is 0 Å². The van der Waals surface area contributed by atoms with Crippen LogP contribution in [0.3, 0.4) is 0 Å². The molecule has 0 aliphatic heterocycles. The number of carbonyl (C=O) groups is 2. The van der Waals surface area contributed by atoms with Crippen LogP contribution in [-0.2, 0) is 16.0 Å². The van der Waals surface area contributed by atoms with Crippen LogP contribution in [-0.4, -0.2) is 29.7 Å². The molecule has 1 aromatic carbocycles. The number of hydrogen-bond acceptors (Lipinski definition) is 4. The van der Waals surface area contributed by atoms with Crippen molar-refractivity contribution in [2.75, 3.05) is 5.32 Å². The molecule has 0 spiro atoms. The largest absolute Gasteiger partial charge is 0.444 e. The molecule has 0 saturated heterocycles. The number of ether oxygens (including phenoxy) is 1. The Hall–Kier alpha value is -2.24. The molecule has 1 aliphatic carbocycles. The number of nitrogens with two attached hydrogens (primary N) is 1. The molecular formula is C17H25N3O3. The van der Waals surface area contributed by atoms with Gasteiger partial charge in [0.2, 0.25) is 5.91 Å². The van der Waals surface area contributed by atoms with E-state index < -0.39 is 5.60 Å². The maximum absolute atomic E-state index is 11.7. The van der Waals surface area contributed by atoms with Crippen LogP contribution in [0.5, 0.6) is 0 Å². The first kappa shape index (κ1) is 17.1. The highest BCUT2D eigenvalue weighted by Crippen LogP contribution is 2.26. The molecule has 2 rings (SSSR count). The molecular weight excluding hydrogens is 294 g/mol. The Morgan fingerprint density at radius 2 is 1.87 bits per heavy atom. The first-order valence-electron chi connectivity index (χ1n) is 7.85. The quantitative estimate of drug-likeness (QED) is 0.775.